The maximum Gasteiger partial charge on any atom is 0.272 e. The Hall–Kier alpha value is -5.39. The first-order valence-electron chi connectivity index (χ1n) is 16.4. The molecule has 3 amide bonds. The first-order valence-corrected chi connectivity index (χ1v) is 18.9. The first-order chi connectivity index (χ1) is 25.8. The molecule has 8 nitrogen and oxygen atoms in total. The average molecular weight is 780 g/mol. The molecule has 6 rings (SSSR count). The van der Waals surface area contributed by atoms with Gasteiger partial charge in [-0.15, -0.1) is 23.1 Å². The van der Waals surface area contributed by atoms with Crippen LogP contribution in [0.3, 0.4) is 0 Å². The van der Waals surface area contributed by atoms with Gasteiger partial charge in [0.1, 0.15) is 16.7 Å². The Bertz CT molecular complexity index is 2270. The summed E-state index contributed by atoms with van der Waals surface area (Å²) in [5, 5.41) is 11.1. The van der Waals surface area contributed by atoms with Crippen molar-refractivity contribution in [3.8, 4) is 17.0 Å². The summed E-state index contributed by atoms with van der Waals surface area (Å²) >= 11 is 14.9. The highest BCUT2D eigenvalue weighted by molar-refractivity contribution is 8.00. The number of aromatic nitrogens is 1. The Labute approximate surface area is 325 Å². The lowest BCUT2D eigenvalue weighted by molar-refractivity contribution is -0.116. The van der Waals surface area contributed by atoms with Crippen LogP contribution in [0.15, 0.2) is 143 Å². The summed E-state index contributed by atoms with van der Waals surface area (Å²) < 4.78 is 5.76. The number of nitrogens with zero attached hydrogens (tertiary/aromatic N) is 1. The number of halogens is 2. The molecular formula is C41H32Cl2N4O4S2. The maximum atomic E-state index is 13.8. The quantitative estimate of drug-likeness (QED) is 0.0796. The predicted molar refractivity (Wildman–Crippen MR) is 216 cm³/mol. The van der Waals surface area contributed by atoms with Gasteiger partial charge in [0.2, 0.25) is 5.91 Å². The number of benzene rings is 5. The Morgan fingerprint density at radius 1 is 0.830 bits per heavy atom. The van der Waals surface area contributed by atoms with Gasteiger partial charge in [-0.2, -0.15) is 0 Å². The number of carbonyl (C=O) groups is 3. The SMILES string of the molecule is CCOc1ccccc1/C=C(/NC(=O)c1ccccc1)C(=O)Nc1cccc(SC(C(=O)Nc2nc(-c3ccc(Cl)c(Cl)c3)cs2)c2ccccc2)c1. The van der Waals surface area contributed by atoms with Crippen LogP contribution in [0.4, 0.5) is 10.8 Å². The monoisotopic (exact) mass is 778 g/mol. The van der Waals surface area contributed by atoms with Gasteiger partial charge >= 0.3 is 0 Å². The molecule has 0 fully saturated rings. The highest BCUT2D eigenvalue weighted by Gasteiger charge is 2.24. The van der Waals surface area contributed by atoms with Crippen LogP contribution < -0.4 is 20.7 Å². The number of para-hydroxylation sites is 1. The molecule has 12 heteroatoms. The van der Waals surface area contributed by atoms with Gasteiger partial charge in [0.05, 0.1) is 22.3 Å². The predicted octanol–water partition coefficient (Wildman–Crippen LogP) is 10.4. The molecule has 3 N–H and O–H groups in total. The van der Waals surface area contributed by atoms with E-state index in [0.717, 1.165) is 16.0 Å². The van der Waals surface area contributed by atoms with E-state index < -0.39 is 17.1 Å². The average Bonchev–Trinajstić information content (AvgIpc) is 3.64. The first kappa shape index (κ1) is 37.4. The summed E-state index contributed by atoms with van der Waals surface area (Å²) in [6.45, 7) is 2.30. The molecule has 1 atom stereocenters. The maximum absolute atomic E-state index is 13.8. The molecule has 0 saturated heterocycles. The molecule has 0 spiro atoms. The Morgan fingerprint density at radius 2 is 1.57 bits per heavy atom. The van der Waals surface area contributed by atoms with Crippen LogP contribution in [0, 0.1) is 0 Å². The number of thioether (sulfide) groups is 1. The molecule has 53 heavy (non-hydrogen) atoms. The lowest BCUT2D eigenvalue weighted by atomic mass is 10.1. The molecule has 1 unspecified atom stereocenters. The number of carbonyl (C=O) groups excluding carboxylic acids is 3. The van der Waals surface area contributed by atoms with E-state index in [1.807, 2.05) is 73.0 Å². The molecule has 5 aromatic carbocycles. The fourth-order valence-corrected chi connectivity index (χ4v) is 7.26. The lowest BCUT2D eigenvalue weighted by Crippen LogP contribution is -2.30. The number of ether oxygens (including phenoxy) is 1. The van der Waals surface area contributed by atoms with Crippen molar-refractivity contribution in [2.24, 2.45) is 0 Å². The second kappa shape index (κ2) is 17.9. The van der Waals surface area contributed by atoms with Crippen molar-refractivity contribution in [1.82, 2.24) is 10.3 Å². The third-order valence-corrected chi connectivity index (χ3v) is 10.4. The molecule has 0 aliphatic carbocycles. The van der Waals surface area contributed by atoms with E-state index in [2.05, 4.69) is 20.9 Å². The summed E-state index contributed by atoms with van der Waals surface area (Å²) in [5.41, 5.74) is 3.73. The van der Waals surface area contributed by atoms with Gasteiger partial charge in [-0.25, -0.2) is 4.98 Å². The minimum Gasteiger partial charge on any atom is -0.493 e. The number of amides is 3. The molecule has 266 valence electrons. The van der Waals surface area contributed by atoms with Crippen LogP contribution >= 0.6 is 46.3 Å². The van der Waals surface area contributed by atoms with Gasteiger partial charge in [0, 0.05) is 32.7 Å². The lowest BCUT2D eigenvalue weighted by Gasteiger charge is -2.17. The standard InChI is InChI=1S/C41H32Cl2N4O4S2/c1-2-51-36-19-10-9-16-29(36)23-34(45-38(48)27-14-7-4-8-15-27)39(49)44-30-17-11-18-31(24-30)53-37(26-12-5-3-6-13-26)40(50)47-41-46-35(25-52-41)28-20-21-32(42)33(43)22-28/h3-25,37H,2H2,1H3,(H,44,49)(H,45,48)(H,46,47,50)/b34-23+. The zero-order valence-corrected chi connectivity index (χ0v) is 31.4. The largest absolute Gasteiger partial charge is 0.493 e. The van der Waals surface area contributed by atoms with Crippen molar-refractivity contribution in [3.05, 3.63) is 165 Å². The number of nitrogens with one attached hydrogen (secondary N) is 3. The van der Waals surface area contributed by atoms with Crippen molar-refractivity contribution in [1.29, 1.82) is 0 Å². The van der Waals surface area contributed by atoms with Gasteiger partial charge in [0.25, 0.3) is 11.8 Å². The van der Waals surface area contributed by atoms with Crippen molar-refractivity contribution in [3.63, 3.8) is 0 Å². The smallest absolute Gasteiger partial charge is 0.272 e. The number of anilines is 2. The molecule has 0 radical (unpaired) electrons. The van der Waals surface area contributed by atoms with Gasteiger partial charge in [-0.05, 0) is 67.1 Å². The fourth-order valence-electron chi connectivity index (χ4n) is 5.16. The van der Waals surface area contributed by atoms with E-state index in [9.17, 15) is 14.4 Å². The third-order valence-electron chi connectivity index (χ3n) is 7.68. The van der Waals surface area contributed by atoms with Gasteiger partial charge in [-0.3, -0.25) is 14.4 Å². The normalized spacial score (nSPS) is 11.7. The molecule has 0 aliphatic rings. The Kier molecular flexibility index (Phi) is 12.6. The molecule has 0 saturated carbocycles. The molecule has 1 aromatic heterocycles. The van der Waals surface area contributed by atoms with E-state index in [-0.39, 0.29) is 11.6 Å². The van der Waals surface area contributed by atoms with Crippen LogP contribution in [0.1, 0.15) is 33.7 Å². The number of rotatable bonds is 13. The van der Waals surface area contributed by atoms with E-state index in [1.165, 1.54) is 23.1 Å². The van der Waals surface area contributed by atoms with Crippen LogP contribution in [0.25, 0.3) is 17.3 Å². The van der Waals surface area contributed by atoms with Crippen LogP contribution in [-0.4, -0.2) is 29.3 Å². The summed E-state index contributed by atoms with van der Waals surface area (Å²) in [6, 6.07) is 37.8. The second-order valence-corrected chi connectivity index (χ2v) is 14.2. The molecule has 6 aromatic rings. The molecule has 0 bridgehead atoms. The van der Waals surface area contributed by atoms with Crippen LogP contribution in [0.5, 0.6) is 5.75 Å². The fraction of sp³-hybridized carbons (Fsp3) is 0.0732. The van der Waals surface area contributed by atoms with Crippen molar-refractivity contribution in [2.45, 2.75) is 17.1 Å². The summed E-state index contributed by atoms with van der Waals surface area (Å²) in [6.07, 6.45) is 1.58. The minimum absolute atomic E-state index is 0.0225. The number of thiazole rings is 1. The number of hydrogen-bond donors (Lipinski definition) is 3. The highest BCUT2D eigenvalue weighted by atomic mass is 35.5. The van der Waals surface area contributed by atoms with Crippen molar-refractivity contribution in [2.75, 3.05) is 17.2 Å². The van der Waals surface area contributed by atoms with Crippen LogP contribution in [0.2, 0.25) is 10.0 Å². The van der Waals surface area contributed by atoms with E-state index in [0.29, 0.717) is 50.0 Å². The van der Waals surface area contributed by atoms with E-state index in [4.69, 9.17) is 27.9 Å². The topological polar surface area (TPSA) is 109 Å². The summed E-state index contributed by atoms with van der Waals surface area (Å²) in [7, 11) is 0. The summed E-state index contributed by atoms with van der Waals surface area (Å²) in [4.78, 5) is 46.2. The van der Waals surface area contributed by atoms with Crippen molar-refractivity contribution < 1.29 is 19.1 Å². The Morgan fingerprint density at radius 3 is 2.32 bits per heavy atom. The third kappa shape index (κ3) is 9.94. The zero-order valence-electron chi connectivity index (χ0n) is 28.2. The van der Waals surface area contributed by atoms with Crippen LogP contribution in [-0.2, 0) is 9.59 Å². The Balaban J connectivity index is 1.22. The number of hydrogen-bond acceptors (Lipinski definition) is 7. The summed E-state index contributed by atoms with van der Waals surface area (Å²) in [5.74, 6) is -0.679. The molecule has 1 heterocycles. The second-order valence-electron chi connectivity index (χ2n) is 11.4. The van der Waals surface area contributed by atoms with Crippen molar-refractivity contribution >= 4 is 80.9 Å². The van der Waals surface area contributed by atoms with E-state index in [1.54, 1.807) is 72.8 Å². The zero-order chi connectivity index (χ0) is 37.2. The molecular weight excluding hydrogens is 748 g/mol. The van der Waals surface area contributed by atoms with Gasteiger partial charge < -0.3 is 20.7 Å². The minimum atomic E-state index is -0.657. The molecule has 0 aliphatic heterocycles. The highest BCUT2D eigenvalue weighted by Crippen LogP contribution is 2.38. The van der Waals surface area contributed by atoms with E-state index >= 15 is 0 Å². The van der Waals surface area contributed by atoms with Gasteiger partial charge in [-0.1, -0.05) is 102 Å². The van der Waals surface area contributed by atoms with Gasteiger partial charge in [0.15, 0.2) is 5.13 Å².